The molecule has 1 unspecified atom stereocenters. The van der Waals surface area contributed by atoms with Crippen molar-refractivity contribution in [1.82, 2.24) is 5.01 Å². The first-order valence-electron chi connectivity index (χ1n) is 8.83. The number of carbonyl (C=O) groups is 2. The first-order chi connectivity index (χ1) is 13.4. The molecule has 2 N–H and O–H groups in total. The fourth-order valence-corrected chi connectivity index (χ4v) is 5.09. The molecule has 1 atom stereocenters. The highest BCUT2D eigenvalue weighted by Crippen LogP contribution is 2.55. The molecular weight excluding hydrogens is 384 g/mol. The van der Waals surface area contributed by atoms with E-state index in [1.807, 2.05) is 24.3 Å². The molecule has 1 aliphatic carbocycles. The summed E-state index contributed by atoms with van der Waals surface area (Å²) in [5.74, 6) is -2.16. The minimum Gasteiger partial charge on any atom is -0.370 e. The van der Waals surface area contributed by atoms with Gasteiger partial charge in [0.15, 0.2) is 0 Å². The molecule has 0 aromatic heterocycles. The number of nitrogens with zero attached hydrogens (tertiary/aromatic N) is 2. The predicted octanol–water partition coefficient (Wildman–Crippen LogP) is 3.27. The maximum Gasteiger partial charge on any atom is 0.244 e. The molecule has 2 aromatic rings. The van der Waals surface area contributed by atoms with Gasteiger partial charge in [0.1, 0.15) is 21.5 Å². The van der Waals surface area contributed by atoms with Gasteiger partial charge in [0, 0.05) is 18.4 Å². The van der Waals surface area contributed by atoms with Gasteiger partial charge in [0.2, 0.25) is 11.8 Å². The summed E-state index contributed by atoms with van der Waals surface area (Å²) in [4.78, 5) is 23.2. The van der Waals surface area contributed by atoms with Crippen LogP contribution in [0.3, 0.4) is 0 Å². The normalized spacial score (nSPS) is 20.4. The number of hydrazone groups is 1. The lowest BCUT2D eigenvalue weighted by molar-refractivity contribution is -0.136. The molecule has 2 amide bonds. The lowest BCUT2D eigenvalue weighted by Gasteiger charge is -2.32. The fraction of sp³-hybridized carbons (Fsp3) is 0.250. The number of amides is 2. The highest BCUT2D eigenvalue weighted by Gasteiger charge is 2.52. The Balaban J connectivity index is 1.78. The average molecular weight is 401 g/mol. The monoisotopic (exact) mass is 401 g/mol. The Kier molecular flexibility index (Phi) is 4.66. The fourth-order valence-electron chi connectivity index (χ4n) is 3.64. The number of aryl methyl sites for hydroxylation is 1. The van der Waals surface area contributed by atoms with E-state index in [9.17, 15) is 18.4 Å². The molecule has 1 spiro atoms. The van der Waals surface area contributed by atoms with E-state index in [0.717, 1.165) is 35.7 Å². The van der Waals surface area contributed by atoms with Gasteiger partial charge < -0.3 is 5.73 Å². The SMILES string of the molecule is NC(=O)CCC(=O)N1N=C(c2cc(F)ccc2F)SC12CCc1ccccc12. The zero-order valence-corrected chi connectivity index (χ0v) is 15.6. The van der Waals surface area contributed by atoms with E-state index >= 15 is 0 Å². The zero-order chi connectivity index (χ0) is 19.9. The van der Waals surface area contributed by atoms with Crippen LogP contribution in [-0.2, 0) is 20.9 Å². The summed E-state index contributed by atoms with van der Waals surface area (Å²) in [6.07, 6.45) is 1.12. The number of carbonyl (C=O) groups excluding carboxylic acids is 2. The second kappa shape index (κ2) is 7.01. The molecule has 1 aliphatic heterocycles. The third-order valence-corrected chi connectivity index (χ3v) is 6.38. The van der Waals surface area contributed by atoms with Crippen LogP contribution in [0.4, 0.5) is 8.78 Å². The van der Waals surface area contributed by atoms with Gasteiger partial charge in [-0.1, -0.05) is 36.0 Å². The Labute approximate surface area is 164 Å². The van der Waals surface area contributed by atoms with Crippen LogP contribution in [0.25, 0.3) is 0 Å². The smallest absolute Gasteiger partial charge is 0.244 e. The van der Waals surface area contributed by atoms with Crippen LogP contribution in [0.2, 0.25) is 0 Å². The van der Waals surface area contributed by atoms with Crippen molar-refractivity contribution in [3.05, 3.63) is 70.8 Å². The van der Waals surface area contributed by atoms with Crippen LogP contribution >= 0.6 is 11.8 Å². The van der Waals surface area contributed by atoms with Gasteiger partial charge in [-0.25, -0.2) is 13.8 Å². The van der Waals surface area contributed by atoms with Crippen molar-refractivity contribution in [2.75, 3.05) is 0 Å². The Bertz CT molecular complexity index is 1010. The number of hydrogen-bond donors (Lipinski definition) is 1. The van der Waals surface area contributed by atoms with Crippen LogP contribution in [-0.4, -0.2) is 21.9 Å². The van der Waals surface area contributed by atoms with Crippen molar-refractivity contribution in [1.29, 1.82) is 0 Å². The highest BCUT2D eigenvalue weighted by atomic mass is 32.2. The Morgan fingerprint density at radius 2 is 1.96 bits per heavy atom. The van der Waals surface area contributed by atoms with Gasteiger partial charge in [-0.3, -0.25) is 9.59 Å². The van der Waals surface area contributed by atoms with E-state index in [-0.39, 0.29) is 29.4 Å². The summed E-state index contributed by atoms with van der Waals surface area (Å²) in [7, 11) is 0. The van der Waals surface area contributed by atoms with Crippen molar-refractivity contribution in [2.24, 2.45) is 10.8 Å². The molecule has 5 nitrogen and oxygen atoms in total. The Morgan fingerprint density at radius 3 is 2.75 bits per heavy atom. The molecular formula is C20H17F2N3O2S. The average Bonchev–Trinajstić information content (AvgIpc) is 3.24. The molecule has 2 aliphatic rings. The van der Waals surface area contributed by atoms with Gasteiger partial charge in [0.05, 0.1) is 0 Å². The number of hydrogen-bond acceptors (Lipinski definition) is 4. The predicted molar refractivity (Wildman–Crippen MR) is 102 cm³/mol. The third kappa shape index (κ3) is 3.07. The standard InChI is InChI=1S/C20H17F2N3O2S/c21-13-5-6-16(22)14(11-13)19-24-25(18(27)8-7-17(23)26)20(28-19)10-9-12-3-1-2-4-15(12)20/h1-6,11H,7-10H2,(H2,23,26). The molecule has 1 heterocycles. The van der Waals surface area contributed by atoms with Crippen molar-refractivity contribution >= 4 is 28.6 Å². The number of primary amides is 1. The lowest BCUT2D eigenvalue weighted by Crippen LogP contribution is -2.40. The maximum absolute atomic E-state index is 14.3. The number of rotatable bonds is 4. The van der Waals surface area contributed by atoms with Gasteiger partial charge in [0.25, 0.3) is 0 Å². The molecule has 0 radical (unpaired) electrons. The minimum atomic E-state index is -0.834. The summed E-state index contributed by atoms with van der Waals surface area (Å²) >= 11 is 1.24. The van der Waals surface area contributed by atoms with E-state index in [0.29, 0.717) is 6.42 Å². The molecule has 0 saturated carbocycles. The second-order valence-corrected chi connectivity index (χ2v) is 8.01. The maximum atomic E-state index is 14.3. The number of fused-ring (bicyclic) bond motifs is 2. The van der Waals surface area contributed by atoms with E-state index in [1.165, 1.54) is 16.8 Å². The number of thioether (sulfide) groups is 1. The first kappa shape index (κ1) is 18.6. The molecule has 8 heteroatoms. The third-order valence-electron chi connectivity index (χ3n) is 4.95. The Morgan fingerprint density at radius 1 is 1.18 bits per heavy atom. The highest BCUT2D eigenvalue weighted by molar-refractivity contribution is 8.15. The summed E-state index contributed by atoms with van der Waals surface area (Å²) in [5.41, 5.74) is 7.19. The van der Waals surface area contributed by atoms with E-state index in [1.54, 1.807) is 0 Å². The van der Waals surface area contributed by atoms with Gasteiger partial charge in [-0.2, -0.15) is 5.10 Å². The van der Waals surface area contributed by atoms with Gasteiger partial charge in [-0.15, -0.1) is 0 Å². The summed E-state index contributed by atoms with van der Waals surface area (Å²) in [6, 6.07) is 10.9. The van der Waals surface area contributed by atoms with Crippen molar-refractivity contribution in [2.45, 2.75) is 30.6 Å². The van der Waals surface area contributed by atoms with Crippen LogP contribution in [0, 0.1) is 11.6 Å². The van der Waals surface area contributed by atoms with E-state index < -0.39 is 22.4 Å². The molecule has 4 rings (SSSR count). The number of nitrogens with two attached hydrogens (primary N) is 1. The molecule has 0 bridgehead atoms. The van der Waals surface area contributed by atoms with Crippen LogP contribution < -0.4 is 5.73 Å². The second-order valence-electron chi connectivity index (χ2n) is 6.74. The van der Waals surface area contributed by atoms with Gasteiger partial charge in [-0.05, 0) is 42.2 Å². The zero-order valence-electron chi connectivity index (χ0n) is 14.8. The van der Waals surface area contributed by atoms with Crippen molar-refractivity contribution in [3.8, 4) is 0 Å². The van der Waals surface area contributed by atoms with E-state index in [4.69, 9.17) is 5.73 Å². The van der Waals surface area contributed by atoms with E-state index in [2.05, 4.69) is 5.10 Å². The van der Waals surface area contributed by atoms with Crippen molar-refractivity contribution < 1.29 is 18.4 Å². The van der Waals surface area contributed by atoms with Crippen molar-refractivity contribution in [3.63, 3.8) is 0 Å². The summed E-state index contributed by atoms with van der Waals surface area (Å²) in [6.45, 7) is 0. The molecule has 2 aromatic carbocycles. The molecule has 0 saturated heterocycles. The summed E-state index contributed by atoms with van der Waals surface area (Å²) in [5, 5.41) is 5.94. The minimum absolute atomic E-state index is 0.0129. The molecule has 0 fully saturated rings. The first-order valence-corrected chi connectivity index (χ1v) is 9.65. The van der Waals surface area contributed by atoms with Crippen LogP contribution in [0.1, 0.15) is 36.0 Å². The topological polar surface area (TPSA) is 75.8 Å². The van der Waals surface area contributed by atoms with Gasteiger partial charge >= 0.3 is 0 Å². The Hall–Kier alpha value is -2.74. The summed E-state index contributed by atoms with van der Waals surface area (Å²) < 4.78 is 28.1. The number of benzene rings is 2. The molecule has 144 valence electrons. The number of halogens is 2. The van der Waals surface area contributed by atoms with Crippen LogP contribution in [0.15, 0.2) is 47.6 Å². The quantitative estimate of drug-likeness (QED) is 0.854. The lowest BCUT2D eigenvalue weighted by atomic mass is 10.1. The molecule has 28 heavy (non-hydrogen) atoms. The largest absolute Gasteiger partial charge is 0.370 e. The van der Waals surface area contributed by atoms with Crippen LogP contribution in [0.5, 0.6) is 0 Å².